The quantitative estimate of drug-likeness (QED) is 0.297. The van der Waals surface area contributed by atoms with Gasteiger partial charge in [0.2, 0.25) is 11.8 Å². The van der Waals surface area contributed by atoms with Crippen LogP contribution in [-0.4, -0.2) is 106 Å². The number of amides is 2. The summed E-state index contributed by atoms with van der Waals surface area (Å²) in [7, 11) is 5.46. The van der Waals surface area contributed by atoms with Gasteiger partial charge < -0.3 is 29.1 Å². The molecule has 4 aliphatic rings. The Morgan fingerprint density at radius 2 is 1.21 bits per heavy atom. The Kier molecular flexibility index (Phi) is 9.43. The van der Waals surface area contributed by atoms with Gasteiger partial charge in [-0.25, -0.2) is 9.59 Å². The molecule has 52 heavy (non-hydrogen) atoms. The number of esters is 2. The van der Waals surface area contributed by atoms with Gasteiger partial charge in [0.15, 0.2) is 5.60 Å². The number of carbonyl (C=O) groups is 4. The van der Waals surface area contributed by atoms with Crippen molar-refractivity contribution in [3.63, 3.8) is 0 Å². The van der Waals surface area contributed by atoms with Crippen LogP contribution in [0.15, 0.2) is 64.4 Å². The Morgan fingerprint density at radius 3 is 1.63 bits per heavy atom. The van der Waals surface area contributed by atoms with Gasteiger partial charge in [0, 0.05) is 92.2 Å². The fourth-order valence-corrected chi connectivity index (χ4v) is 10.2. The van der Waals surface area contributed by atoms with E-state index in [0.29, 0.717) is 42.9 Å². The van der Waals surface area contributed by atoms with Crippen LogP contribution in [0, 0.1) is 11.8 Å². The molecular weight excluding hydrogens is 677 g/mol. The summed E-state index contributed by atoms with van der Waals surface area (Å²) in [6, 6.07) is 17.7. The molecule has 0 atom stereocenters. The number of fused-ring (bicyclic) bond motifs is 6. The summed E-state index contributed by atoms with van der Waals surface area (Å²) in [4.78, 5) is 62.3. The molecule has 3 aromatic carbocycles. The number of carbonyl (C=O) groups excluding carboxylic acids is 4. The zero-order chi connectivity index (χ0) is 38.1. The molecule has 2 fully saturated rings. The van der Waals surface area contributed by atoms with Crippen LogP contribution in [0.1, 0.15) is 72.0 Å². The lowest BCUT2D eigenvalue weighted by Crippen LogP contribution is -2.53. The monoisotopic (exact) mass is 728 g/mol. The van der Waals surface area contributed by atoms with Crippen molar-refractivity contribution >= 4 is 45.2 Å². The van der Waals surface area contributed by atoms with E-state index in [-0.39, 0.29) is 23.7 Å². The smallest absolute Gasteiger partial charge is 0.340 e. The highest BCUT2D eigenvalue weighted by molar-refractivity contribution is 8.32. The minimum atomic E-state index is -1.69. The molecule has 4 aliphatic heterocycles. The van der Waals surface area contributed by atoms with Crippen LogP contribution in [0.5, 0.6) is 0 Å². The molecule has 0 aliphatic carbocycles. The third-order valence-electron chi connectivity index (χ3n) is 10.4. The van der Waals surface area contributed by atoms with Gasteiger partial charge in [-0.1, -0.05) is 26.0 Å². The first-order valence-corrected chi connectivity index (χ1v) is 20.4. The average Bonchev–Trinajstić information content (AvgIpc) is 3.34. The van der Waals surface area contributed by atoms with Crippen LogP contribution < -0.4 is 9.80 Å². The van der Waals surface area contributed by atoms with Gasteiger partial charge in [0.25, 0.3) is 0 Å². The van der Waals surface area contributed by atoms with Crippen LogP contribution in [0.25, 0.3) is 0 Å². The van der Waals surface area contributed by atoms with Gasteiger partial charge >= 0.3 is 11.9 Å². The molecule has 1 spiro atoms. The van der Waals surface area contributed by atoms with Gasteiger partial charge in [-0.15, -0.1) is 0 Å². The Morgan fingerprint density at radius 1 is 0.750 bits per heavy atom. The molecule has 0 unspecified atom stereocenters. The molecule has 278 valence electrons. The number of anilines is 2. The molecule has 7 rings (SSSR count). The molecule has 0 saturated carbocycles. The first-order valence-electron chi connectivity index (χ1n) is 18.0. The zero-order valence-electron chi connectivity index (χ0n) is 32.3. The van der Waals surface area contributed by atoms with E-state index in [1.807, 2.05) is 34.6 Å². The van der Waals surface area contributed by atoms with Crippen LogP contribution in [0.3, 0.4) is 0 Å². The van der Waals surface area contributed by atoms with E-state index >= 15 is 0 Å². The molecule has 0 aromatic heterocycles. The molecule has 2 amide bonds. The van der Waals surface area contributed by atoms with Gasteiger partial charge in [-0.2, -0.15) is 10.0 Å². The summed E-state index contributed by atoms with van der Waals surface area (Å²) in [5.74, 6) is -0.768. The standard InChI is InChI=1S/C39H46N4O6S.C2H6/c1-38(2,3)48-36(46)23-10-13-28-31(16-23)39(49-37(28)47)29-14-11-26(42-19-24(20-42)34(44)40(4)5)17-32(29)50(8,9)33-18-27(12-15-30(33)39)43-21-25(22-43)35(45)41(6)7;1-2/h10-18,24-25H,19-22H2,1-9H3;1-2H3. The van der Waals surface area contributed by atoms with Crippen LogP contribution in [0.4, 0.5) is 11.4 Å². The van der Waals surface area contributed by atoms with Crippen molar-refractivity contribution in [3.8, 4) is 0 Å². The molecule has 10 nitrogen and oxygen atoms in total. The normalized spacial score (nSPS) is 18.7. The summed E-state index contributed by atoms with van der Waals surface area (Å²) in [5, 5.41) is 0. The Bertz CT molecular complexity index is 1860. The summed E-state index contributed by atoms with van der Waals surface area (Å²) < 4.78 is 12.3. The highest BCUT2D eigenvalue weighted by Gasteiger charge is 2.55. The van der Waals surface area contributed by atoms with Gasteiger partial charge in [-0.05, 0) is 75.7 Å². The molecule has 0 bridgehead atoms. The molecular formula is C41H52N4O6S. The maximum absolute atomic E-state index is 13.8. The SMILES string of the molecule is CC.CN(C)C(=O)C1CN(c2ccc3c(c2)S(C)(C)c2cc(N4CC(C(=O)N(C)C)C4)ccc2C32OC(=O)c3ccc(C(=O)OC(C)(C)C)cc32)C1. The third kappa shape index (κ3) is 6.00. The van der Waals surface area contributed by atoms with E-state index in [2.05, 4.69) is 58.7 Å². The second kappa shape index (κ2) is 13.2. The molecule has 0 N–H and O–H groups in total. The molecule has 0 radical (unpaired) electrons. The number of hydrogen-bond acceptors (Lipinski definition) is 8. The first kappa shape index (κ1) is 37.3. The molecule has 3 aromatic rings. The van der Waals surface area contributed by atoms with E-state index < -0.39 is 33.2 Å². The topological polar surface area (TPSA) is 99.7 Å². The largest absolute Gasteiger partial charge is 0.456 e. The van der Waals surface area contributed by atoms with Gasteiger partial charge in [-0.3, -0.25) is 9.59 Å². The van der Waals surface area contributed by atoms with Crippen molar-refractivity contribution in [3.05, 3.63) is 82.4 Å². The first-order chi connectivity index (χ1) is 24.4. The number of ether oxygens (including phenoxy) is 2. The molecule has 4 heterocycles. The van der Waals surface area contributed by atoms with E-state index in [1.54, 1.807) is 56.2 Å². The average molecular weight is 729 g/mol. The highest BCUT2D eigenvalue weighted by Crippen LogP contribution is 2.69. The van der Waals surface area contributed by atoms with Crippen molar-refractivity contribution in [2.75, 3.05) is 76.7 Å². The summed E-state index contributed by atoms with van der Waals surface area (Å²) >= 11 is 0. The predicted octanol–water partition coefficient (Wildman–Crippen LogP) is 5.97. The van der Waals surface area contributed by atoms with Crippen LogP contribution >= 0.6 is 10.0 Å². The maximum atomic E-state index is 13.8. The highest BCUT2D eigenvalue weighted by atomic mass is 32.3. The second-order valence-electron chi connectivity index (χ2n) is 15.7. The number of nitrogens with zero attached hydrogens (tertiary/aromatic N) is 4. The lowest BCUT2D eigenvalue weighted by molar-refractivity contribution is -0.134. The van der Waals surface area contributed by atoms with E-state index in [1.165, 1.54) is 0 Å². The Labute approximate surface area is 309 Å². The second-order valence-corrected chi connectivity index (χ2v) is 19.2. The minimum Gasteiger partial charge on any atom is -0.456 e. The predicted molar refractivity (Wildman–Crippen MR) is 206 cm³/mol. The third-order valence-corrected chi connectivity index (χ3v) is 13.2. The van der Waals surface area contributed by atoms with Crippen molar-refractivity contribution in [1.82, 2.24) is 9.80 Å². The summed E-state index contributed by atoms with van der Waals surface area (Å²) in [6.45, 7) is 12.0. The van der Waals surface area contributed by atoms with Crippen molar-refractivity contribution in [1.29, 1.82) is 0 Å². The minimum absolute atomic E-state index is 0.0512. The van der Waals surface area contributed by atoms with Crippen LogP contribution in [-0.2, 0) is 24.7 Å². The van der Waals surface area contributed by atoms with Crippen molar-refractivity contribution in [2.45, 2.75) is 55.6 Å². The number of hydrogen-bond donors (Lipinski definition) is 0. The van der Waals surface area contributed by atoms with E-state index in [9.17, 15) is 19.2 Å². The van der Waals surface area contributed by atoms with Gasteiger partial charge in [0.05, 0.1) is 23.0 Å². The summed E-state index contributed by atoms with van der Waals surface area (Å²) in [5.41, 5.74) is 3.18. The number of benzene rings is 3. The lowest BCUT2D eigenvalue weighted by Gasteiger charge is -2.49. The van der Waals surface area contributed by atoms with E-state index in [4.69, 9.17) is 9.47 Å². The summed E-state index contributed by atoms with van der Waals surface area (Å²) in [6.07, 6.45) is 4.53. The Hall–Kier alpha value is -4.51. The fraction of sp³-hybridized carbons (Fsp3) is 0.463. The molecule has 11 heteroatoms. The maximum Gasteiger partial charge on any atom is 0.340 e. The number of rotatable bonds is 5. The Balaban J connectivity index is 0.00000228. The van der Waals surface area contributed by atoms with Gasteiger partial charge in [0.1, 0.15) is 5.60 Å². The van der Waals surface area contributed by atoms with Crippen molar-refractivity contribution in [2.24, 2.45) is 11.8 Å². The molecule has 2 saturated heterocycles. The fourth-order valence-electron chi connectivity index (χ4n) is 7.65. The zero-order valence-corrected chi connectivity index (χ0v) is 33.1. The van der Waals surface area contributed by atoms with E-state index in [0.717, 1.165) is 32.3 Å². The lowest BCUT2D eigenvalue weighted by atomic mass is 9.78. The van der Waals surface area contributed by atoms with Crippen molar-refractivity contribution < 1.29 is 28.7 Å². The van der Waals surface area contributed by atoms with Crippen LogP contribution in [0.2, 0.25) is 0 Å².